The Bertz CT molecular complexity index is 777. The number of hydrogen-bond donors (Lipinski definition) is 2. The molecule has 2 aromatic rings. The van der Waals surface area contributed by atoms with Gasteiger partial charge in [-0.2, -0.15) is 5.10 Å². The zero-order valence-corrected chi connectivity index (χ0v) is 16.4. The van der Waals surface area contributed by atoms with Crippen molar-refractivity contribution in [2.75, 3.05) is 32.8 Å². The van der Waals surface area contributed by atoms with Crippen LogP contribution in [0.25, 0.3) is 0 Å². The standard InChI is InChI=1S/C20H28FN5O2/c1-3-22-20(26-9-8-15(13-26)16-10-24-25(2)12-16)23-11-18(27)14-28-19-6-4-17(21)5-7-19/h4-7,10,12,15,18,27H,3,8-9,11,13-14H2,1-2H3,(H,22,23). The average molecular weight is 389 g/mol. The van der Waals surface area contributed by atoms with Gasteiger partial charge in [-0.05, 0) is 43.2 Å². The SMILES string of the molecule is CCNC(=NCC(O)COc1ccc(F)cc1)N1CCC(c2cnn(C)c2)C1. The summed E-state index contributed by atoms with van der Waals surface area (Å²) in [7, 11) is 1.93. The van der Waals surface area contributed by atoms with Gasteiger partial charge in [0.05, 0.1) is 12.7 Å². The number of benzene rings is 1. The maximum atomic E-state index is 12.9. The number of aromatic nitrogens is 2. The maximum Gasteiger partial charge on any atom is 0.194 e. The van der Waals surface area contributed by atoms with Crippen molar-refractivity contribution in [1.29, 1.82) is 0 Å². The average Bonchev–Trinajstić information content (AvgIpc) is 3.33. The number of nitrogens with one attached hydrogen (secondary N) is 1. The smallest absolute Gasteiger partial charge is 0.194 e. The number of likely N-dealkylation sites (tertiary alicyclic amines) is 1. The number of aryl methyl sites for hydroxylation is 1. The molecule has 2 unspecified atom stereocenters. The molecular formula is C20H28FN5O2. The molecule has 2 atom stereocenters. The molecule has 3 rings (SSSR count). The van der Waals surface area contributed by atoms with Gasteiger partial charge in [0, 0.05) is 38.8 Å². The number of ether oxygens (including phenoxy) is 1. The van der Waals surface area contributed by atoms with Gasteiger partial charge in [0.25, 0.3) is 0 Å². The van der Waals surface area contributed by atoms with Gasteiger partial charge < -0.3 is 20.1 Å². The van der Waals surface area contributed by atoms with Crippen molar-refractivity contribution in [3.8, 4) is 5.75 Å². The van der Waals surface area contributed by atoms with E-state index in [4.69, 9.17) is 4.74 Å². The zero-order chi connectivity index (χ0) is 19.9. The number of aliphatic imine (C=N–C) groups is 1. The summed E-state index contributed by atoms with van der Waals surface area (Å²) < 4.78 is 20.2. The van der Waals surface area contributed by atoms with Crippen LogP contribution in [0.4, 0.5) is 4.39 Å². The van der Waals surface area contributed by atoms with E-state index in [0.717, 1.165) is 32.0 Å². The molecule has 1 aliphatic rings. The van der Waals surface area contributed by atoms with Crippen molar-refractivity contribution < 1.29 is 14.2 Å². The van der Waals surface area contributed by atoms with E-state index in [-0.39, 0.29) is 19.0 Å². The second-order valence-electron chi connectivity index (χ2n) is 6.99. The van der Waals surface area contributed by atoms with Crippen LogP contribution in [0, 0.1) is 5.82 Å². The van der Waals surface area contributed by atoms with Gasteiger partial charge in [-0.25, -0.2) is 4.39 Å². The molecule has 8 heteroatoms. The van der Waals surface area contributed by atoms with Crippen LogP contribution in [0.1, 0.15) is 24.8 Å². The maximum absolute atomic E-state index is 12.9. The highest BCUT2D eigenvalue weighted by atomic mass is 19.1. The highest BCUT2D eigenvalue weighted by Crippen LogP contribution is 2.26. The van der Waals surface area contributed by atoms with E-state index in [0.29, 0.717) is 11.7 Å². The second-order valence-corrected chi connectivity index (χ2v) is 6.99. The fraction of sp³-hybridized carbons (Fsp3) is 0.500. The minimum absolute atomic E-state index is 0.104. The first-order valence-corrected chi connectivity index (χ1v) is 9.63. The number of rotatable bonds is 7. The summed E-state index contributed by atoms with van der Waals surface area (Å²) >= 11 is 0. The Morgan fingerprint density at radius 2 is 2.21 bits per heavy atom. The number of halogens is 1. The Hall–Kier alpha value is -2.61. The molecule has 1 aliphatic heterocycles. The molecule has 0 aliphatic carbocycles. The van der Waals surface area contributed by atoms with Crippen LogP contribution in [0.3, 0.4) is 0 Å². The van der Waals surface area contributed by atoms with Crippen molar-refractivity contribution in [1.82, 2.24) is 20.0 Å². The summed E-state index contributed by atoms with van der Waals surface area (Å²) in [5.41, 5.74) is 1.24. The van der Waals surface area contributed by atoms with Crippen LogP contribution in [-0.2, 0) is 7.05 Å². The predicted octanol–water partition coefficient (Wildman–Crippen LogP) is 1.75. The Morgan fingerprint density at radius 1 is 1.43 bits per heavy atom. The van der Waals surface area contributed by atoms with Crippen molar-refractivity contribution >= 4 is 5.96 Å². The van der Waals surface area contributed by atoms with E-state index >= 15 is 0 Å². The van der Waals surface area contributed by atoms with E-state index in [2.05, 4.69) is 26.5 Å². The third-order valence-electron chi connectivity index (χ3n) is 4.73. The molecule has 0 amide bonds. The quantitative estimate of drug-likeness (QED) is 0.558. The summed E-state index contributed by atoms with van der Waals surface area (Å²) in [6.07, 6.45) is 4.30. The molecule has 28 heavy (non-hydrogen) atoms. The molecule has 1 saturated heterocycles. The van der Waals surface area contributed by atoms with Crippen molar-refractivity contribution in [2.45, 2.75) is 25.4 Å². The normalized spacial score (nSPS) is 18.4. The molecule has 2 heterocycles. The highest BCUT2D eigenvalue weighted by molar-refractivity contribution is 5.80. The predicted molar refractivity (Wildman–Crippen MR) is 106 cm³/mol. The Balaban J connectivity index is 1.52. The molecule has 1 aromatic carbocycles. The van der Waals surface area contributed by atoms with Crippen LogP contribution < -0.4 is 10.1 Å². The molecule has 1 fully saturated rings. The van der Waals surface area contributed by atoms with E-state index in [9.17, 15) is 9.50 Å². The fourth-order valence-corrected chi connectivity index (χ4v) is 3.27. The second kappa shape index (κ2) is 9.54. The van der Waals surface area contributed by atoms with E-state index in [1.54, 1.807) is 0 Å². The molecule has 2 N–H and O–H groups in total. The van der Waals surface area contributed by atoms with Crippen LogP contribution >= 0.6 is 0 Å². The van der Waals surface area contributed by atoms with Gasteiger partial charge in [-0.1, -0.05) is 0 Å². The Labute approximate surface area is 164 Å². The van der Waals surface area contributed by atoms with Gasteiger partial charge in [0.15, 0.2) is 5.96 Å². The number of aliphatic hydroxyl groups excluding tert-OH is 1. The van der Waals surface area contributed by atoms with Crippen molar-refractivity contribution in [2.24, 2.45) is 12.0 Å². The minimum atomic E-state index is -0.740. The number of guanidine groups is 1. The molecule has 0 saturated carbocycles. The summed E-state index contributed by atoms with van der Waals surface area (Å²) in [4.78, 5) is 6.79. The van der Waals surface area contributed by atoms with Gasteiger partial charge in [-0.3, -0.25) is 9.67 Å². The molecule has 152 valence electrons. The minimum Gasteiger partial charge on any atom is -0.491 e. The van der Waals surface area contributed by atoms with Gasteiger partial charge in [0.1, 0.15) is 24.3 Å². The van der Waals surface area contributed by atoms with Gasteiger partial charge in [0.2, 0.25) is 0 Å². The van der Waals surface area contributed by atoms with Crippen molar-refractivity contribution in [3.63, 3.8) is 0 Å². The lowest BCUT2D eigenvalue weighted by Gasteiger charge is -2.22. The lowest BCUT2D eigenvalue weighted by atomic mass is 10.0. The first kappa shape index (κ1) is 20.1. The zero-order valence-electron chi connectivity index (χ0n) is 16.4. The lowest BCUT2D eigenvalue weighted by Crippen LogP contribution is -2.40. The number of aliphatic hydroxyl groups is 1. The van der Waals surface area contributed by atoms with Crippen LogP contribution in [0.5, 0.6) is 5.75 Å². The Morgan fingerprint density at radius 3 is 2.89 bits per heavy atom. The number of nitrogens with zero attached hydrogens (tertiary/aromatic N) is 4. The largest absolute Gasteiger partial charge is 0.491 e. The summed E-state index contributed by atoms with van der Waals surface area (Å²) in [6, 6.07) is 5.74. The third-order valence-corrected chi connectivity index (χ3v) is 4.73. The first-order chi connectivity index (χ1) is 13.5. The molecule has 7 nitrogen and oxygen atoms in total. The van der Waals surface area contributed by atoms with E-state index in [1.165, 1.54) is 29.8 Å². The monoisotopic (exact) mass is 389 g/mol. The van der Waals surface area contributed by atoms with Crippen LogP contribution in [0.15, 0.2) is 41.7 Å². The Kier molecular flexibility index (Phi) is 6.86. The molecule has 1 aromatic heterocycles. The highest BCUT2D eigenvalue weighted by Gasteiger charge is 2.27. The fourth-order valence-electron chi connectivity index (χ4n) is 3.27. The molecule has 0 bridgehead atoms. The van der Waals surface area contributed by atoms with Crippen molar-refractivity contribution in [3.05, 3.63) is 48.0 Å². The number of hydrogen-bond acceptors (Lipinski definition) is 4. The molecular weight excluding hydrogens is 361 g/mol. The third kappa shape index (κ3) is 5.45. The van der Waals surface area contributed by atoms with E-state index in [1.807, 2.05) is 24.9 Å². The summed E-state index contributed by atoms with van der Waals surface area (Å²) in [5.74, 6) is 1.44. The van der Waals surface area contributed by atoms with Crippen LogP contribution in [-0.4, -0.2) is 64.6 Å². The summed E-state index contributed by atoms with van der Waals surface area (Å²) in [6.45, 7) is 4.91. The first-order valence-electron chi connectivity index (χ1n) is 9.63. The van der Waals surface area contributed by atoms with E-state index < -0.39 is 6.10 Å². The topological polar surface area (TPSA) is 74.9 Å². The summed E-state index contributed by atoms with van der Waals surface area (Å²) in [5, 5.41) is 17.8. The van der Waals surface area contributed by atoms with Gasteiger partial charge in [-0.15, -0.1) is 0 Å². The lowest BCUT2D eigenvalue weighted by molar-refractivity contribution is 0.114. The molecule has 0 spiro atoms. The van der Waals surface area contributed by atoms with Crippen LogP contribution in [0.2, 0.25) is 0 Å². The van der Waals surface area contributed by atoms with Gasteiger partial charge >= 0.3 is 0 Å². The molecule has 0 radical (unpaired) electrons.